The van der Waals surface area contributed by atoms with Gasteiger partial charge in [-0.2, -0.15) is 0 Å². The van der Waals surface area contributed by atoms with Crippen LogP contribution in [0.2, 0.25) is 0 Å². The normalized spacial score (nSPS) is 52.1. The van der Waals surface area contributed by atoms with E-state index in [-0.39, 0.29) is 16.9 Å². The summed E-state index contributed by atoms with van der Waals surface area (Å²) in [7, 11) is -2.97. The molecule has 80 valence electrons. The summed E-state index contributed by atoms with van der Waals surface area (Å²) in [6.07, 6.45) is 3.38. The molecule has 3 fully saturated rings. The van der Waals surface area contributed by atoms with Gasteiger partial charge in [-0.3, -0.25) is 0 Å². The molecule has 2 saturated carbocycles. The number of fused-ring (bicyclic) bond motifs is 1. The second-order valence-corrected chi connectivity index (χ2v) is 7.53. The van der Waals surface area contributed by atoms with Crippen molar-refractivity contribution in [3.05, 3.63) is 0 Å². The molecular formula is C10H17NO2S. The van der Waals surface area contributed by atoms with Crippen molar-refractivity contribution in [2.75, 3.05) is 5.75 Å². The highest BCUT2D eigenvalue weighted by Gasteiger charge is 2.68. The summed E-state index contributed by atoms with van der Waals surface area (Å²) in [5.41, 5.74) is 0.269. The molecule has 4 heteroatoms. The third kappa shape index (κ3) is 0.807. The molecule has 1 saturated heterocycles. The van der Waals surface area contributed by atoms with Crippen LogP contribution in [0.25, 0.3) is 0 Å². The predicted molar refractivity (Wildman–Crippen MR) is 54.3 cm³/mol. The summed E-state index contributed by atoms with van der Waals surface area (Å²) in [4.78, 5) is 0. The predicted octanol–water partition coefficient (Wildman–Crippen LogP) is 1.11. The molecule has 0 amide bonds. The maximum atomic E-state index is 11.6. The molecule has 3 atom stereocenters. The van der Waals surface area contributed by atoms with Gasteiger partial charge in [-0.25, -0.2) is 13.1 Å². The highest BCUT2D eigenvalue weighted by molar-refractivity contribution is 7.89. The molecule has 0 aromatic rings. The number of sulfonamides is 1. The Morgan fingerprint density at radius 3 is 2.64 bits per heavy atom. The zero-order valence-corrected chi connectivity index (χ0v) is 9.52. The van der Waals surface area contributed by atoms with Crippen molar-refractivity contribution in [2.24, 2.45) is 16.7 Å². The Bertz CT molecular complexity index is 387. The lowest BCUT2D eigenvalue weighted by Gasteiger charge is -2.36. The van der Waals surface area contributed by atoms with E-state index < -0.39 is 10.0 Å². The minimum absolute atomic E-state index is 0.0521. The molecule has 3 nitrogen and oxygen atoms in total. The van der Waals surface area contributed by atoms with Crippen LogP contribution < -0.4 is 4.72 Å². The van der Waals surface area contributed by atoms with Crippen LogP contribution in [0.4, 0.5) is 0 Å². The highest BCUT2D eigenvalue weighted by Crippen LogP contribution is 2.67. The van der Waals surface area contributed by atoms with Gasteiger partial charge in [0.1, 0.15) is 0 Å². The molecule has 0 unspecified atom stereocenters. The first-order valence-corrected chi connectivity index (χ1v) is 7.03. The number of rotatable bonds is 0. The van der Waals surface area contributed by atoms with Crippen LogP contribution in [0.1, 0.15) is 33.1 Å². The first-order valence-electron chi connectivity index (χ1n) is 5.37. The number of nitrogens with one attached hydrogen (secondary N) is 1. The van der Waals surface area contributed by atoms with Gasteiger partial charge in [0, 0.05) is 11.5 Å². The van der Waals surface area contributed by atoms with Crippen LogP contribution in [0.3, 0.4) is 0 Å². The van der Waals surface area contributed by atoms with Crippen LogP contribution >= 0.6 is 0 Å². The Morgan fingerprint density at radius 2 is 2.07 bits per heavy atom. The molecule has 3 aliphatic rings. The Balaban J connectivity index is 2.13. The largest absolute Gasteiger partial charge is 0.212 e. The van der Waals surface area contributed by atoms with E-state index in [1.807, 2.05) is 0 Å². The van der Waals surface area contributed by atoms with Gasteiger partial charge in [0.15, 0.2) is 0 Å². The van der Waals surface area contributed by atoms with Crippen LogP contribution in [-0.2, 0) is 10.0 Å². The number of hydrogen-bond donors (Lipinski definition) is 1. The average Bonchev–Trinajstić information content (AvgIpc) is 2.50. The smallest absolute Gasteiger partial charge is 0.212 e. The fourth-order valence-electron chi connectivity index (χ4n) is 4.18. The lowest BCUT2D eigenvalue weighted by Crippen LogP contribution is -2.39. The Labute approximate surface area is 85.3 Å². The first-order chi connectivity index (χ1) is 6.37. The Hall–Kier alpha value is -0.0900. The first kappa shape index (κ1) is 9.16. The van der Waals surface area contributed by atoms with Crippen molar-refractivity contribution in [3.8, 4) is 0 Å². The van der Waals surface area contributed by atoms with E-state index in [1.54, 1.807) is 0 Å². The van der Waals surface area contributed by atoms with Crippen LogP contribution in [0.5, 0.6) is 0 Å². The van der Waals surface area contributed by atoms with E-state index in [2.05, 4.69) is 18.6 Å². The SMILES string of the molecule is CC1(C)[C@H]2CC[C@]13CS(=O)(=O)N[C@H]3C2. The van der Waals surface area contributed by atoms with Gasteiger partial charge in [0.2, 0.25) is 10.0 Å². The molecule has 14 heavy (non-hydrogen) atoms. The molecule has 3 rings (SSSR count). The molecule has 0 radical (unpaired) electrons. The third-order valence-corrected chi connectivity index (χ3v) is 6.74. The van der Waals surface area contributed by atoms with E-state index in [1.165, 1.54) is 6.42 Å². The second-order valence-electron chi connectivity index (χ2n) is 5.78. The Morgan fingerprint density at radius 1 is 1.36 bits per heavy atom. The van der Waals surface area contributed by atoms with Crippen molar-refractivity contribution in [1.29, 1.82) is 0 Å². The lowest BCUT2D eigenvalue weighted by atomic mass is 9.69. The summed E-state index contributed by atoms with van der Waals surface area (Å²) in [5.74, 6) is 1.10. The third-order valence-electron chi connectivity index (χ3n) is 5.20. The van der Waals surface area contributed by atoms with Crippen molar-refractivity contribution in [2.45, 2.75) is 39.2 Å². The molecule has 1 aliphatic heterocycles. The fraction of sp³-hybridized carbons (Fsp3) is 1.00. The van der Waals surface area contributed by atoms with Crippen LogP contribution in [0, 0.1) is 16.7 Å². The molecule has 2 bridgehead atoms. The van der Waals surface area contributed by atoms with Gasteiger partial charge in [-0.05, 0) is 30.6 Å². The number of hydrogen-bond acceptors (Lipinski definition) is 2. The summed E-state index contributed by atoms with van der Waals surface area (Å²) in [5, 5.41) is 0. The van der Waals surface area contributed by atoms with E-state index in [9.17, 15) is 8.42 Å². The van der Waals surface area contributed by atoms with E-state index in [0.717, 1.165) is 18.8 Å². The van der Waals surface area contributed by atoms with Crippen molar-refractivity contribution < 1.29 is 8.42 Å². The van der Waals surface area contributed by atoms with Gasteiger partial charge in [0.25, 0.3) is 0 Å². The summed E-state index contributed by atoms with van der Waals surface area (Å²) in [6, 6.07) is 0.237. The van der Waals surface area contributed by atoms with E-state index >= 15 is 0 Å². The fourth-order valence-corrected chi connectivity index (χ4v) is 6.42. The zero-order chi connectivity index (χ0) is 10.2. The van der Waals surface area contributed by atoms with Crippen molar-refractivity contribution >= 4 is 10.0 Å². The molecule has 0 aromatic carbocycles. The minimum Gasteiger partial charge on any atom is -0.212 e. The average molecular weight is 215 g/mol. The summed E-state index contributed by atoms with van der Waals surface area (Å²) < 4.78 is 26.0. The topological polar surface area (TPSA) is 46.2 Å². The molecule has 1 N–H and O–H groups in total. The summed E-state index contributed by atoms with van der Waals surface area (Å²) in [6.45, 7) is 4.51. The maximum Gasteiger partial charge on any atom is 0.212 e. The maximum absolute atomic E-state index is 11.6. The van der Waals surface area contributed by atoms with Gasteiger partial charge in [0.05, 0.1) is 5.75 Å². The highest BCUT2D eigenvalue weighted by atomic mass is 32.2. The van der Waals surface area contributed by atoms with Crippen molar-refractivity contribution in [3.63, 3.8) is 0 Å². The quantitative estimate of drug-likeness (QED) is 0.658. The second kappa shape index (κ2) is 2.19. The molecule has 0 aromatic heterocycles. The lowest BCUT2D eigenvalue weighted by molar-refractivity contribution is 0.146. The van der Waals surface area contributed by atoms with Gasteiger partial charge < -0.3 is 0 Å². The monoisotopic (exact) mass is 215 g/mol. The van der Waals surface area contributed by atoms with E-state index in [4.69, 9.17) is 0 Å². The van der Waals surface area contributed by atoms with Gasteiger partial charge in [-0.1, -0.05) is 13.8 Å². The van der Waals surface area contributed by atoms with Gasteiger partial charge >= 0.3 is 0 Å². The Kier molecular flexibility index (Phi) is 1.43. The van der Waals surface area contributed by atoms with Crippen LogP contribution in [0.15, 0.2) is 0 Å². The minimum atomic E-state index is -2.97. The molecule has 1 spiro atoms. The molecule has 1 heterocycles. The van der Waals surface area contributed by atoms with Crippen molar-refractivity contribution in [1.82, 2.24) is 4.72 Å². The zero-order valence-electron chi connectivity index (χ0n) is 8.71. The van der Waals surface area contributed by atoms with Crippen LogP contribution in [-0.4, -0.2) is 20.2 Å². The molecule has 2 aliphatic carbocycles. The molecular weight excluding hydrogens is 198 g/mol. The van der Waals surface area contributed by atoms with Gasteiger partial charge in [-0.15, -0.1) is 0 Å². The summed E-state index contributed by atoms with van der Waals surface area (Å²) >= 11 is 0. The standard InChI is InChI=1S/C10H17NO2S/c1-9(2)7-3-4-10(9)6-14(12,13)11-8(10)5-7/h7-8,11H,3-6H2,1-2H3/t7-,8-,10+/m0/s1. The van der Waals surface area contributed by atoms with E-state index in [0.29, 0.717) is 5.75 Å².